The second kappa shape index (κ2) is 10.5. The number of amides is 3. The molecule has 1 unspecified atom stereocenters. The summed E-state index contributed by atoms with van der Waals surface area (Å²) in [5.74, 6) is -0.713. The van der Waals surface area contributed by atoms with Crippen molar-refractivity contribution in [1.29, 1.82) is 5.26 Å². The summed E-state index contributed by atoms with van der Waals surface area (Å²) < 4.78 is 0. The number of hydrogen-bond acceptors (Lipinski definition) is 4. The summed E-state index contributed by atoms with van der Waals surface area (Å²) >= 11 is 0. The van der Waals surface area contributed by atoms with Crippen molar-refractivity contribution in [2.75, 3.05) is 18.9 Å². The summed E-state index contributed by atoms with van der Waals surface area (Å²) in [4.78, 5) is 47.5. The fourth-order valence-corrected chi connectivity index (χ4v) is 6.43. The zero-order valence-corrected chi connectivity index (χ0v) is 23.9. The highest BCUT2D eigenvalue weighted by Crippen LogP contribution is 2.46. The minimum Gasteiger partial charge on any atom is -0.351 e. The van der Waals surface area contributed by atoms with Gasteiger partial charge in [-0.05, 0) is 47.2 Å². The number of hydrogen-bond donors (Lipinski definition) is 2. The molecule has 3 heterocycles. The van der Waals surface area contributed by atoms with Crippen molar-refractivity contribution < 1.29 is 14.4 Å². The van der Waals surface area contributed by atoms with Crippen LogP contribution < -0.4 is 5.32 Å². The van der Waals surface area contributed by atoms with Crippen molar-refractivity contribution in [2.45, 2.75) is 44.2 Å². The number of anilines is 1. The van der Waals surface area contributed by atoms with E-state index < -0.39 is 17.5 Å². The van der Waals surface area contributed by atoms with E-state index in [0.29, 0.717) is 17.8 Å². The van der Waals surface area contributed by atoms with Crippen LogP contribution in [0.4, 0.5) is 5.69 Å². The molecule has 212 valence electrons. The third-order valence-electron chi connectivity index (χ3n) is 8.64. The van der Waals surface area contributed by atoms with Crippen molar-refractivity contribution in [1.82, 2.24) is 14.8 Å². The van der Waals surface area contributed by atoms with Crippen LogP contribution in [0.25, 0.3) is 22.0 Å². The lowest BCUT2D eigenvalue weighted by molar-refractivity contribution is -0.136. The number of nitrogens with zero attached hydrogens (tertiary/aromatic N) is 3. The minimum absolute atomic E-state index is 0.0954. The normalized spacial score (nSPS) is 20.0. The molecule has 4 aromatic rings. The van der Waals surface area contributed by atoms with Gasteiger partial charge in [0.25, 0.3) is 5.91 Å². The maximum atomic E-state index is 14.2. The van der Waals surface area contributed by atoms with E-state index in [9.17, 15) is 19.6 Å². The fourth-order valence-electron chi connectivity index (χ4n) is 6.43. The first-order chi connectivity index (χ1) is 20.2. The number of para-hydroxylation sites is 1. The van der Waals surface area contributed by atoms with Crippen LogP contribution in [0, 0.1) is 17.2 Å². The summed E-state index contributed by atoms with van der Waals surface area (Å²) in [6, 6.07) is 26.0. The lowest BCUT2D eigenvalue weighted by atomic mass is 9.80. The Kier molecular flexibility index (Phi) is 6.82. The Morgan fingerprint density at radius 1 is 1.05 bits per heavy atom. The largest absolute Gasteiger partial charge is 0.351 e. The molecule has 1 spiro atoms. The molecule has 6 rings (SSSR count). The number of aromatic amines is 1. The number of likely N-dealkylation sites (tertiary alicyclic amines) is 1. The highest BCUT2D eigenvalue weighted by molar-refractivity contribution is 6.07. The molecule has 1 aromatic heterocycles. The van der Waals surface area contributed by atoms with Crippen LogP contribution >= 0.6 is 0 Å². The van der Waals surface area contributed by atoms with Crippen molar-refractivity contribution >= 4 is 34.3 Å². The average molecular weight is 560 g/mol. The standard InChI is InChI=1S/C34H33N5O3/c1-21(2)15-30(32(41)39-20-34(18-25(39)19-35)26-11-7-8-12-27(26)37-33(34)42)38(3)31(40)29-17-24-14-13-23(16-28(24)36-29)22-9-5-4-6-10-22/h4-14,16-17,21,25,30,36H,15,18,20H2,1-3H3,(H,37,42)/t25-,30?,34-/m0/s1. The molecular formula is C34H33N5O3. The predicted octanol–water partition coefficient (Wildman–Crippen LogP) is 5.34. The van der Waals surface area contributed by atoms with E-state index in [1.165, 1.54) is 9.80 Å². The Balaban J connectivity index is 1.29. The smallest absolute Gasteiger partial charge is 0.270 e. The highest BCUT2D eigenvalue weighted by Gasteiger charge is 2.56. The molecule has 2 N–H and O–H groups in total. The molecule has 2 aliphatic heterocycles. The molecule has 1 fully saturated rings. The van der Waals surface area contributed by atoms with E-state index in [0.717, 1.165) is 27.6 Å². The molecule has 2 aliphatic rings. The third kappa shape index (κ3) is 4.51. The number of aromatic nitrogens is 1. The van der Waals surface area contributed by atoms with Crippen molar-refractivity contribution in [2.24, 2.45) is 5.92 Å². The van der Waals surface area contributed by atoms with E-state index in [4.69, 9.17) is 0 Å². The summed E-state index contributed by atoms with van der Waals surface area (Å²) in [6.45, 7) is 4.10. The average Bonchev–Trinajstić information content (AvgIpc) is 3.69. The van der Waals surface area contributed by atoms with Crippen molar-refractivity contribution in [3.05, 3.63) is 90.1 Å². The van der Waals surface area contributed by atoms with Gasteiger partial charge in [-0.15, -0.1) is 0 Å². The zero-order chi connectivity index (χ0) is 29.6. The van der Waals surface area contributed by atoms with Crippen molar-refractivity contribution in [3.63, 3.8) is 0 Å². The van der Waals surface area contributed by atoms with Crippen LogP contribution in [-0.4, -0.2) is 58.2 Å². The highest BCUT2D eigenvalue weighted by atomic mass is 16.2. The van der Waals surface area contributed by atoms with Gasteiger partial charge in [0.1, 0.15) is 17.8 Å². The molecule has 3 amide bonds. The Bertz CT molecular complexity index is 1740. The first kappa shape index (κ1) is 27.3. The molecule has 0 bridgehead atoms. The number of carbonyl (C=O) groups is 3. The quantitative estimate of drug-likeness (QED) is 0.333. The minimum atomic E-state index is -0.981. The number of fused-ring (bicyclic) bond motifs is 3. The fraction of sp³-hybridized carbons (Fsp3) is 0.294. The molecule has 0 aliphatic carbocycles. The van der Waals surface area contributed by atoms with Gasteiger partial charge in [0.05, 0.1) is 11.5 Å². The zero-order valence-electron chi connectivity index (χ0n) is 23.9. The second-order valence-corrected chi connectivity index (χ2v) is 11.8. The number of likely N-dealkylation sites (N-methyl/N-ethyl adjacent to an activating group) is 1. The maximum absolute atomic E-state index is 14.2. The van der Waals surface area contributed by atoms with E-state index >= 15 is 0 Å². The number of benzene rings is 3. The van der Waals surface area contributed by atoms with Crippen LogP contribution in [0.2, 0.25) is 0 Å². The molecule has 1 saturated heterocycles. The molecule has 0 saturated carbocycles. The van der Waals surface area contributed by atoms with Gasteiger partial charge in [0, 0.05) is 36.6 Å². The topological polar surface area (TPSA) is 109 Å². The van der Waals surface area contributed by atoms with E-state index in [1.54, 1.807) is 7.05 Å². The van der Waals surface area contributed by atoms with Gasteiger partial charge in [-0.2, -0.15) is 5.26 Å². The SMILES string of the molecule is CC(C)CC(C(=O)N1C[C@]2(C[C@H]1C#N)C(=O)Nc1ccccc12)N(C)C(=O)c1cc2ccc(-c3ccccc3)cc2[nH]1. The van der Waals surface area contributed by atoms with Gasteiger partial charge in [0.2, 0.25) is 11.8 Å². The van der Waals surface area contributed by atoms with Crippen LogP contribution in [0.3, 0.4) is 0 Å². The molecule has 8 heteroatoms. The van der Waals surface area contributed by atoms with Gasteiger partial charge in [-0.1, -0.05) is 74.5 Å². The number of nitrogens with one attached hydrogen (secondary N) is 2. The Hall–Kier alpha value is -4.90. The molecule has 8 nitrogen and oxygen atoms in total. The summed E-state index contributed by atoms with van der Waals surface area (Å²) in [5, 5.41) is 13.9. The molecule has 3 aromatic carbocycles. The van der Waals surface area contributed by atoms with Gasteiger partial charge in [-0.3, -0.25) is 14.4 Å². The number of rotatable bonds is 6. The predicted molar refractivity (Wildman–Crippen MR) is 162 cm³/mol. The van der Waals surface area contributed by atoms with E-state index in [1.807, 2.05) is 92.7 Å². The second-order valence-electron chi connectivity index (χ2n) is 11.8. The van der Waals surface area contributed by atoms with Gasteiger partial charge in [0.15, 0.2) is 0 Å². The number of H-pyrrole nitrogens is 1. The van der Waals surface area contributed by atoms with E-state index in [-0.39, 0.29) is 36.6 Å². The van der Waals surface area contributed by atoms with E-state index in [2.05, 4.69) is 16.4 Å². The first-order valence-electron chi connectivity index (χ1n) is 14.3. The van der Waals surface area contributed by atoms with Crippen LogP contribution in [0.5, 0.6) is 0 Å². The van der Waals surface area contributed by atoms with Gasteiger partial charge < -0.3 is 20.1 Å². The Morgan fingerprint density at radius 2 is 1.79 bits per heavy atom. The lowest BCUT2D eigenvalue weighted by Crippen LogP contribution is -2.52. The molecule has 3 atom stereocenters. The maximum Gasteiger partial charge on any atom is 0.270 e. The summed E-state index contributed by atoms with van der Waals surface area (Å²) in [5.41, 5.74) is 3.88. The Morgan fingerprint density at radius 3 is 2.52 bits per heavy atom. The third-order valence-corrected chi connectivity index (χ3v) is 8.64. The number of nitriles is 1. The van der Waals surface area contributed by atoms with Crippen LogP contribution in [-0.2, 0) is 15.0 Å². The Labute approximate surface area is 244 Å². The van der Waals surface area contributed by atoms with Gasteiger partial charge in [-0.25, -0.2) is 0 Å². The monoisotopic (exact) mass is 559 g/mol. The molecular weight excluding hydrogens is 526 g/mol. The van der Waals surface area contributed by atoms with Crippen LogP contribution in [0.15, 0.2) is 78.9 Å². The summed E-state index contributed by atoms with van der Waals surface area (Å²) in [7, 11) is 1.64. The van der Waals surface area contributed by atoms with Gasteiger partial charge >= 0.3 is 0 Å². The molecule has 0 radical (unpaired) electrons. The molecule has 42 heavy (non-hydrogen) atoms. The van der Waals surface area contributed by atoms with Crippen molar-refractivity contribution in [3.8, 4) is 17.2 Å². The first-order valence-corrected chi connectivity index (χ1v) is 14.3. The van der Waals surface area contributed by atoms with Crippen LogP contribution in [0.1, 0.15) is 42.7 Å². The lowest BCUT2D eigenvalue weighted by Gasteiger charge is -2.33. The summed E-state index contributed by atoms with van der Waals surface area (Å²) in [6.07, 6.45) is 0.639. The number of carbonyl (C=O) groups excluding carboxylic acids is 3.